The lowest BCUT2D eigenvalue weighted by molar-refractivity contribution is 0.0103. The van der Waals surface area contributed by atoms with Crippen LogP contribution in [0.25, 0.3) is 0 Å². The van der Waals surface area contributed by atoms with Crippen LogP contribution in [0.15, 0.2) is 0 Å². The van der Waals surface area contributed by atoms with Gasteiger partial charge in [0.2, 0.25) is 0 Å². The van der Waals surface area contributed by atoms with Crippen molar-refractivity contribution in [2.75, 3.05) is 13.1 Å². The van der Waals surface area contributed by atoms with Crippen molar-refractivity contribution < 1.29 is 5.11 Å². The third-order valence-electron chi connectivity index (χ3n) is 5.91. The molecule has 2 atom stereocenters. The van der Waals surface area contributed by atoms with E-state index in [1.165, 1.54) is 70.9 Å². The van der Waals surface area contributed by atoms with Gasteiger partial charge in [-0.2, -0.15) is 0 Å². The van der Waals surface area contributed by atoms with Crippen molar-refractivity contribution in [2.24, 2.45) is 5.41 Å². The lowest BCUT2D eigenvalue weighted by Gasteiger charge is -2.47. The number of likely N-dealkylation sites (tertiary alicyclic amines) is 1. The molecule has 1 saturated heterocycles. The molecule has 0 bridgehead atoms. The monoisotopic (exact) mass is 251 g/mol. The van der Waals surface area contributed by atoms with Gasteiger partial charge in [0.15, 0.2) is 0 Å². The molecule has 1 heterocycles. The fraction of sp³-hybridized carbons (Fsp3) is 1.00. The summed E-state index contributed by atoms with van der Waals surface area (Å²) in [5, 5.41) is 9.83. The summed E-state index contributed by atoms with van der Waals surface area (Å²) in [5.74, 6) is 0. The Bertz CT molecular complexity index is 262. The number of piperidine rings is 1. The molecular formula is C16H29NO. The second kappa shape index (κ2) is 5.50. The zero-order valence-corrected chi connectivity index (χ0v) is 11.7. The van der Waals surface area contributed by atoms with Gasteiger partial charge in [0.1, 0.15) is 0 Å². The molecule has 1 N–H and O–H groups in total. The maximum atomic E-state index is 9.83. The van der Waals surface area contributed by atoms with Crippen molar-refractivity contribution >= 4 is 0 Å². The van der Waals surface area contributed by atoms with Crippen LogP contribution >= 0.6 is 0 Å². The molecule has 1 aliphatic heterocycles. The van der Waals surface area contributed by atoms with Crippen LogP contribution in [0.1, 0.15) is 70.6 Å². The predicted octanol–water partition coefficient (Wildman–Crippen LogP) is 3.34. The van der Waals surface area contributed by atoms with Crippen LogP contribution < -0.4 is 0 Å². The van der Waals surface area contributed by atoms with Crippen LogP contribution in [0, 0.1) is 5.41 Å². The van der Waals surface area contributed by atoms with Gasteiger partial charge < -0.3 is 10.0 Å². The molecule has 0 radical (unpaired) electrons. The Balaban J connectivity index is 1.53. The van der Waals surface area contributed by atoms with Crippen LogP contribution in [0.5, 0.6) is 0 Å². The molecule has 104 valence electrons. The topological polar surface area (TPSA) is 23.5 Å². The summed E-state index contributed by atoms with van der Waals surface area (Å²) in [7, 11) is 0. The van der Waals surface area contributed by atoms with E-state index in [1.54, 1.807) is 0 Å². The van der Waals surface area contributed by atoms with Gasteiger partial charge in [-0.15, -0.1) is 0 Å². The second-order valence-electron chi connectivity index (χ2n) is 7.07. The molecule has 0 aromatic rings. The molecule has 18 heavy (non-hydrogen) atoms. The second-order valence-corrected chi connectivity index (χ2v) is 7.07. The van der Waals surface area contributed by atoms with E-state index in [0.717, 1.165) is 18.3 Å². The number of aliphatic hydroxyl groups is 1. The first kappa shape index (κ1) is 12.9. The van der Waals surface area contributed by atoms with E-state index in [0.29, 0.717) is 6.04 Å². The van der Waals surface area contributed by atoms with E-state index in [-0.39, 0.29) is 6.10 Å². The molecule has 1 spiro atoms. The molecule has 2 saturated carbocycles. The normalized spacial score (nSPS) is 37.8. The van der Waals surface area contributed by atoms with Crippen LogP contribution in [0.2, 0.25) is 0 Å². The zero-order valence-electron chi connectivity index (χ0n) is 11.7. The summed E-state index contributed by atoms with van der Waals surface area (Å²) < 4.78 is 0. The molecule has 2 aliphatic carbocycles. The minimum absolute atomic E-state index is 0.0192. The maximum Gasteiger partial charge on any atom is 0.0555 e. The van der Waals surface area contributed by atoms with Gasteiger partial charge in [-0.05, 0) is 69.9 Å². The molecule has 2 unspecified atom stereocenters. The minimum atomic E-state index is -0.0192. The molecular weight excluding hydrogens is 222 g/mol. The van der Waals surface area contributed by atoms with Crippen molar-refractivity contribution in [3.8, 4) is 0 Å². The van der Waals surface area contributed by atoms with Crippen LogP contribution in [0.4, 0.5) is 0 Å². The van der Waals surface area contributed by atoms with E-state index in [2.05, 4.69) is 4.90 Å². The highest BCUT2D eigenvalue weighted by Gasteiger charge is 2.37. The van der Waals surface area contributed by atoms with Crippen molar-refractivity contribution in [1.29, 1.82) is 0 Å². The van der Waals surface area contributed by atoms with E-state index in [9.17, 15) is 5.11 Å². The van der Waals surface area contributed by atoms with Crippen LogP contribution in [-0.2, 0) is 0 Å². The molecule has 2 nitrogen and oxygen atoms in total. The van der Waals surface area contributed by atoms with Gasteiger partial charge in [0.05, 0.1) is 6.10 Å². The number of aliphatic hydroxyl groups excluding tert-OH is 1. The van der Waals surface area contributed by atoms with Gasteiger partial charge in [0.25, 0.3) is 0 Å². The van der Waals surface area contributed by atoms with Gasteiger partial charge in [-0.25, -0.2) is 0 Å². The van der Waals surface area contributed by atoms with E-state index >= 15 is 0 Å². The first-order valence-corrected chi connectivity index (χ1v) is 8.20. The van der Waals surface area contributed by atoms with Gasteiger partial charge >= 0.3 is 0 Å². The Labute approximate surface area is 112 Å². The van der Waals surface area contributed by atoms with Gasteiger partial charge in [0, 0.05) is 6.04 Å². The Morgan fingerprint density at radius 3 is 2.22 bits per heavy atom. The number of hydrogen-bond donors (Lipinski definition) is 1. The highest BCUT2D eigenvalue weighted by atomic mass is 16.3. The smallest absolute Gasteiger partial charge is 0.0555 e. The number of nitrogens with zero attached hydrogens (tertiary/aromatic N) is 1. The fourth-order valence-electron chi connectivity index (χ4n) is 4.64. The number of hydrogen-bond acceptors (Lipinski definition) is 2. The SMILES string of the molecule is OC1CCCC(N2CCC3(CCCCC3)CC2)C1. The standard InChI is InChI=1S/C16H29NO/c18-15-6-4-5-14(13-15)17-11-9-16(10-12-17)7-2-1-3-8-16/h14-15,18H,1-13H2. The predicted molar refractivity (Wildman–Crippen MR) is 74.6 cm³/mol. The summed E-state index contributed by atoms with van der Waals surface area (Å²) in [6.45, 7) is 2.61. The van der Waals surface area contributed by atoms with E-state index < -0.39 is 0 Å². The van der Waals surface area contributed by atoms with Crippen molar-refractivity contribution in [1.82, 2.24) is 4.90 Å². The first-order chi connectivity index (χ1) is 8.77. The molecule has 3 fully saturated rings. The summed E-state index contributed by atoms with van der Waals surface area (Å²) in [6.07, 6.45) is 14.9. The largest absolute Gasteiger partial charge is 0.393 e. The number of rotatable bonds is 1. The molecule has 0 aromatic heterocycles. The van der Waals surface area contributed by atoms with E-state index in [4.69, 9.17) is 0 Å². The van der Waals surface area contributed by atoms with Crippen molar-refractivity contribution in [3.05, 3.63) is 0 Å². The Kier molecular flexibility index (Phi) is 3.95. The summed E-state index contributed by atoms with van der Waals surface area (Å²) in [5.41, 5.74) is 0.724. The molecule has 0 amide bonds. The first-order valence-electron chi connectivity index (χ1n) is 8.20. The average molecular weight is 251 g/mol. The molecule has 3 rings (SSSR count). The third-order valence-corrected chi connectivity index (χ3v) is 5.91. The van der Waals surface area contributed by atoms with Crippen LogP contribution in [-0.4, -0.2) is 35.2 Å². The minimum Gasteiger partial charge on any atom is -0.393 e. The van der Waals surface area contributed by atoms with Crippen LogP contribution in [0.3, 0.4) is 0 Å². The molecule has 3 aliphatic rings. The summed E-state index contributed by atoms with van der Waals surface area (Å²) in [4.78, 5) is 2.70. The van der Waals surface area contributed by atoms with Crippen molar-refractivity contribution in [2.45, 2.75) is 82.8 Å². The highest BCUT2D eigenvalue weighted by molar-refractivity contribution is 4.91. The molecule has 2 heteroatoms. The summed E-state index contributed by atoms with van der Waals surface area (Å²) in [6, 6.07) is 0.690. The average Bonchev–Trinajstić information content (AvgIpc) is 2.40. The zero-order chi connectivity index (χ0) is 12.4. The van der Waals surface area contributed by atoms with Crippen molar-refractivity contribution in [3.63, 3.8) is 0 Å². The third kappa shape index (κ3) is 2.75. The lowest BCUT2D eigenvalue weighted by atomic mass is 9.68. The quantitative estimate of drug-likeness (QED) is 0.772. The summed E-state index contributed by atoms with van der Waals surface area (Å²) >= 11 is 0. The fourth-order valence-corrected chi connectivity index (χ4v) is 4.64. The Morgan fingerprint density at radius 1 is 0.833 bits per heavy atom. The van der Waals surface area contributed by atoms with Gasteiger partial charge in [-0.1, -0.05) is 19.3 Å². The maximum absolute atomic E-state index is 9.83. The Hall–Kier alpha value is -0.0800. The highest BCUT2D eigenvalue weighted by Crippen LogP contribution is 2.45. The van der Waals surface area contributed by atoms with E-state index in [1.807, 2.05) is 0 Å². The lowest BCUT2D eigenvalue weighted by Crippen LogP contribution is -2.47. The molecule has 0 aromatic carbocycles. The van der Waals surface area contributed by atoms with Gasteiger partial charge in [-0.3, -0.25) is 0 Å². The Morgan fingerprint density at radius 2 is 1.56 bits per heavy atom.